The third-order valence-corrected chi connectivity index (χ3v) is 5.77. The second-order valence-corrected chi connectivity index (χ2v) is 8.30. The second-order valence-electron chi connectivity index (χ2n) is 7.86. The van der Waals surface area contributed by atoms with E-state index in [1.807, 2.05) is 72.2 Å². The molecule has 34 heavy (non-hydrogen) atoms. The van der Waals surface area contributed by atoms with Gasteiger partial charge in [0.2, 0.25) is 0 Å². The van der Waals surface area contributed by atoms with E-state index in [1.165, 1.54) is 0 Å². The van der Waals surface area contributed by atoms with Crippen molar-refractivity contribution in [1.82, 2.24) is 14.5 Å². The zero-order chi connectivity index (χ0) is 23.9. The van der Waals surface area contributed by atoms with Gasteiger partial charge in [-0.25, -0.2) is 0 Å². The maximum Gasteiger partial charge on any atom is 0.270 e. The van der Waals surface area contributed by atoms with Crippen molar-refractivity contribution in [3.8, 4) is 11.8 Å². The molecule has 2 heterocycles. The van der Waals surface area contributed by atoms with Crippen LogP contribution < -0.4 is 4.74 Å². The van der Waals surface area contributed by atoms with E-state index in [1.54, 1.807) is 17.3 Å². The second kappa shape index (κ2) is 10.9. The average Bonchev–Trinajstić information content (AvgIpc) is 3.21. The predicted octanol–water partition coefficient (Wildman–Crippen LogP) is 5.69. The molecule has 1 amide bonds. The number of pyridine rings is 1. The molecule has 172 valence electrons. The Bertz CT molecular complexity index is 1330. The summed E-state index contributed by atoms with van der Waals surface area (Å²) < 4.78 is 7.84. The highest BCUT2D eigenvalue weighted by Gasteiger charge is 2.23. The summed E-state index contributed by atoms with van der Waals surface area (Å²) in [6, 6.07) is 21.2. The molecule has 0 aliphatic heterocycles. The van der Waals surface area contributed by atoms with Gasteiger partial charge in [-0.1, -0.05) is 35.9 Å². The first kappa shape index (κ1) is 23.3. The summed E-state index contributed by atoms with van der Waals surface area (Å²) in [5, 5.41) is 10.7. The van der Waals surface area contributed by atoms with E-state index in [2.05, 4.69) is 11.1 Å². The van der Waals surface area contributed by atoms with Crippen molar-refractivity contribution in [3.63, 3.8) is 0 Å². The Hall–Kier alpha value is -3.82. The van der Waals surface area contributed by atoms with Crippen LogP contribution in [0.25, 0.3) is 10.9 Å². The third kappa shape index (κ3) is 5.22. The van der Waals surface area contributed by atoms with Crippen LogP contribution in [0.3, 0.4) is 0 Å². The molecule has 2 aromatic carbocycles. The lowest BCUT2D eigenvalue weighted by molar-refractivity contribution is 0.0737. The number of ether oxygens (including phenoxy) is 1. The maximum absolute atomic E-state index is 13.9. The Balaban J connectivity index is 1.80. The number of carbonyl (C=O) groups is 1. The fraction of sp³-hybridized carbons (Fsp3) is 0.222. The van der Waals surface area contributed by atoms with Gasteiger partial charge in [-0.2, -0.15) is 5.26 Å². The molecule has 0 atom stereocenters. The van der Waals surface area contributed by atoms with Gasteiger partial charge in [0.1, 0.15) is 11.4 Å². The molecule has 0 N–H and O–H groups in total. The number of fused-ring (bicyclic) bond motifs is 1. The minimum atomic E-state index is -0.153. The van der Waals surface area contributed by atoms with Crippen molar-refractivity contribution in [2.75, 3.05) is 13.2 Å². The fourth-order valence-electron chi connectivity index (χ4n) is 4.02. The van der Waals surface area contributed by atoms with Gasteiger partial charge < -0.3 is 14.2 Å². The van der Waals surface area contributed by atoms with Gasteiger partial charge in [0, 0.05) is 42.4 Å². The van der Waals surface area contributed by atoms with Crippen molar-refractivity contribution in [2.45, 2.75) is 26.4 Å². The van der Waals surface area contributed by atoms with Gasteiger partial charge in [0.05, 0.1) is 24.6 Å². The Morgan fingerprint density at radius 2 is 1.97 bits per heavy atom. The van der Waals surface area contributed by atoms with Crippen LogP contribution in [-0.2, 0) is 13.1 Å². The number of nitriles is 1. The lowest BCUT2D eigenvalue weighted by Gasteiger charge is -2.23. The van der Waals surface area contributed by atoms with Gasteiger partial charge in [-0.15, -0.1) is 0 Å². The number of halogens is 1. The fourth-order valence-corrected chi connectivity index (χ4v) is 4.23. The standard InChI is InChI=1S/C27H25ClN4O2/c1-2-34-26-11-4-10-24-23(26)16-25(32(24)19-20-7-3-9-22(28)15-20)27(33)31(14-6-12-29)18-21-8-5-13-30-17-21/h3-5,7-11,13,15-17H,2,6,14,18-19H2,1H3. The molecule has 0 unspecified atom stereocenters. The molecule has 7 heteroatoms. The Morgan fingerprint density at radius 3 is 2.71 bits per heavy atom. The van der Waals surface area contributed by atoms with Gasteiger partial charge in [0.25, 0.3) is 5.91 Å². The molecule has 0 aliphatic carbocycles. The van der Waals surface area contributed by atoms with Crippen LogP contribution in [0.4, 0.5) is 0 Å². The zero-order valence-corrected chi connectivity index (χ0v) is 19.7. The monoisotopic (exact) mass is 472 g/mol. The highest BCUT2D eigenvalue weighted by atomic mass is 35.5. The van der Waals surface area contributed by atoms with Crippen molar-refractivity contribution in [1.29, 1.82) is 5.26 Å². The highest BCUT2D eigenvalue weighted by Crippen LogP contribution is 2.31. The quantitative estimate of drug-likeness (QED) is 0.313. The van der Waals surface area contributed by atoms with E-state index in [4.69, 9.17) is 16.3 Å². The smallest absolute Gasteiger partial charge is 0.270 e. The molecular weight excluding hydrogens is 448 g/mol. The number of carbonyl (C=O) groups excluding carboxylic acids is 1. The first-order chi connectivity index (χ1) is 16.6. The zero-order valence-electron chi connectivity index (χ0n) is 18.9. The number of nitrogens with zero attached hydrogens (tertiary/aromatic N) is 4. The number of amides is 1. The van der Waals surface area contributed by atoms with Gasteiger partial charge in [0.15, 0.2) is 0 Å². The van der Waals surface area contributed by atoms with E-state index in [0.717, 1.165) is 27.8 Å². The number of hydrogen-bond donors (Lipinski definition) is 0. The number of hydrogen-bond acceptors (Lipinski definition) is 4. The topological polar surface area (TPSA) is 71.2 Å². The van der Waals surface area contributed by atoms with E-state index in [0.29, 0.717) is 37.0 Å². The minimum Gasteiger partial charge on any atom is -0.493 e. The molecule has 0 saturated carbocycles. The molecule has 4 rings (SSSR count). The highest BCUT2D eigenvalue weighted by molar-refractivity contribution is 6.30. The van der Waals surface area contributed by atoms with Crippen LogP contribution in [0.15, 0.2) is 73.1 Å². The summed E-state index contributed by atoms with van der Waals surface area (Å²) in [6.07, 6.45) is 3.68. The Kier molecular flexibility index (Phi) is 7.46. The van der Waals surface area contributed by atoms with E-state index in [-0.39, 0.29) is 12.3 Å². The van der Waals surface area contributed by atoms with Crippen LogP contribution in [0.1, 0.15) is 35.0 Å². The summed E-state index contributed by atoms with van der Waals surface area (Å²) >= 11 is 6.23. The molecule has 6 nitrogen and oxygen atoms in total. The van der Waals surface area contributed by atoms with E-state index < -0.39 is 0 Å². The molecule has 0 bridgehead atoms. The normalized spacial score (nSPS) is 10.7. The Morgan fingerprint density at radius 1 is 1.15 bits per heavy atom. The van der Waals surface area contributed by atoms with Gasteiger partial charge in [-0.3, -0.25) is 9.78 Å². The number of rotatable bonds is 9. The number of benzene rings is 2. The van der Waals surface area contributed by atoms with Gasteiger partial charge >= 0.3 is 0 Å². The lowest BCUT2D eigenvalue weighted by Crippen LogP contribution is -2.33. The van der Waals surface area contributed by atoms with Crippen LogP contribution in [0.5, 0.6) is 5.75 Å². The lowest BCUT2D eigenvalue weighted by atomic mass is 10.2. The van der Waals surface area contributed by atoms with Crippen molar-refractivity contribution in [3.05, 3.63) is 94.9 Å². The molecule has 0 fully saturated rings. The molecular formula is C27H25ClN4O2. The summed E-state index contributed by atoms with van der Waals surface area (Å²) in [4.78, 5) is 19.7. The van der Waals surface area contributed by atoms with Crippen LogP contribution in [0.2, 0.25) is 5.02 Å². The molecule has 0 spiro atoms. The van der Waals surface area contributed by atoms with Crippen LogP contribution in [-0.4, -0.2) is 33.5 Å². The van der Waals surface area contributed by atoms with Gasteiger partial charge in [-0.05, 0) is 54.4 Å². The van der Waals surface area contributed by atoms with E-state index >= 15 is 0 Å². The first-order valence-corrected chi connectivity index (χ1v) is 11.5. The summed E-state index contributed by atoms with van der Waals surface area (Å²) in [5.41, 5.74) is 3.32. The SMILES string of the molecule is CCOc1cccc2c1cc(C(=O)N(CCC#N)Cc1cccnc1)n2Cc1cccc(Cl)c1. The first-order valence-electron chi connectivity index (χ1n) is 11.1. The molecule has 4 aromatic rings. The molecule has 0 aliphatic rings. The largest absolute Gasteiger partial charge is 0.493 e. The number of aromatic nitrogens is 2. The van der Waals surface area contributed by atoms with Crippen LogP contribution >= 0.6 is 11.6 Å². The van der Waals surface area contributed by atoms with Crippen molar-refractivity contribution >= 4 is 28.4 Å². The Labute approximate surface area is 204 Å². The predicted molar refractivity (Wildman–Crippen MR) is 133 cm³/mol. The van der Waals surface area contributed by atoms with E-state index in [9.17, 15) is 10.1 Å². The maximum atomic E-state index is 13.9. The molecule has 0 radical (unpaired) electrons. The average molecular weight is 473 g/mol. The third-order valence-electron chi connectivity index (χ3n) is 5.53. The minimum absolute atomic E-state index is 0.153. The molecule has 2 aromatic heterocycles. The van der Waals surface area contributed by atoms with Crippen LogP contribution in [0, 0.1) is 11.3 Å². The molecule has 0 saturated heterocycles. The summed E-state index contributed by atoms with van der Waals surface area (Å²) in [5.74, 6) is 0.578. The van der Waals surface area contributed by atoms with Crippen molar-refractivity contribution < 1.29 is 9.53 Å². The summed E-state index contributed by atoms with van der Waals surface area (Å²) in [6.45, 7) is 3.62. The van der Waals surface area contributed by atoms with Crippen molar-refractivity contribution in [2.24, 2.45) is 0 Å². The summed E-state index contributed by atoms with van der Waals surface area (Å²) in [7, 11) is 0.